The van der Waals surface area contributed by atoms with Gasteiger partial charge in [-0.2, -0.15) is 13.2 Å². The first-order chi connectivity index (χ1) is 20.1. The van der Waals surface area contributed by atoms with Gasteiger partial charge in [0, 0.05) is 30.6 Å². The molecule has 1 atom stereocenters. The standard InChI is InChI=1S/C33H30Cl2F3NO3.ClH/c34-30-16-5-4-14-27(30)28(24-10-2-1-3-11-24)22-39(21-25-12-7-15-29(32(25)35)33(36,37)38)17-8-18-42-26-13-6-9-23(19-26)20-31(40)41;/h1-7,9-16,19,28H,8,17-18,20-22H2,(H,40,41);1H. The highest BCUT2D eigenvalue weighted by molar-refractivity contribution is 6.32. The van der Waals surface area contributed by atoms with Gasteiger partial charge in [0.05, 0.1) is 23.6 Å². The number of carboxylic acid groups (broad SMARTS) is 1. The number of halogens is 6. The molecule has 0 fully saturated rings. The lowest BCUT2D eigenvalue weighted by atomic mass is 9.90. The predicted octanol–water partition coefficient (Wildman–Crippen LogP) is 9.16. The number of nitrogens with zero attached hydrogens (tertiary/aromatic N) is 1. The smallest absolute Gasteiger partial charge is 0.417 e. The van der Waals surface area contributed by atoms with E-state index in [-0.39, 0.29) is 36.3 Å². The van der Waals surface area contributed by atoms with Crippen molar-refractivity contribution in [3.63, 3.8) is 0 Å². The Morgan fingerprint density at radius 1 is 0.907 bits per heavy atom. The second-order valence-corrected chi connectivity index (χ2v) is 10.7. The van der Waals surface area contributed by atoms with Crippen molar-refractivity contribution in [1.82, 2.24) is 4.90 Å². The number of ether oxygens (including phenoxy) is 1. The molecule has 0 saturated carbocycles. The van der Waals surface area contributed by atoms with Gasteiger partial charge in [-0.15, -0.1) is 12.4 Å². The minimum absolute atomic E-state index is 0. The molecule has 4 aromatic rings. The average molecular weight is 653 g/mol. The average Bonchev–Trinajstić information content (AvgIpc) is 2.95. The number of aliphatic carboxylic acids is 1. The number of rotatable bonds is 13. The van der Waals surface area contributed by atoms with Gasteiger partial charge in [-0.25, -0.2) is 0 Å². The Hall–Kier alpha value is -3.23. The molecule has 0 spiro atoms. The number of alkyl halides is 3. The second kappa shape index (κ2) is 16.0. The molecule has 0 aliphatic carbocycles. The van der Waals surface area contributed by atoms with Gasteiger partial charge in [-0.3, -0.25) is 9.69 Å². The van der Waals surface area contributed by atoms with Crippen LogP contribution in [0.15, 0.2) is 97.1 Å². The van der Waals surface area contributed by atoms with E-state index in [1.807, 2.05) is 54.6 Å². The van der Waals surface area contributed by atoms with Crippen LogP contribution in [0.1, 0.15) is 40.2 Å². The Morgan fingerprint density at radius 2 is 1.60 bits per heavy atom. The van der Waals surface area contributed by atoms with Crippen LogP contribution >= 0.6 is 35.6 Å². The number of benzene rings is 4. The van der Waals surface area contributed by atoms with Crippen LogP contribution < -0.4 is 4.74 Å². The fourth-order valence-electron chi connectivity index (χ4n) is 4.88. The lowest BCUT2D eigenvalue weighted by molar-refractivity contribution is -0.138. The molecule has 4 rings (SSSR count). The van der Waals surface area contributed by atoms with Gasteiger partial charge in [0.2, 0.25) is 0 Å². The van der Waals surface area contributed by atoms with Crippen LogP contribution in [-0.2, 0) is 23.9 Å². The Balaban J connectivity index is 0.00000506. The summed E-state index contributed by atoms with van der Waals surface area (Å²) < 4.78 is 46.7. The van der Waals surface area contributed by atoms with E-state index in [0.717, 1.165) is 17.2 Å². The molecular formula is C33H31Cl3F3NO3. The van der Waals surface area contributed by atoms with Crippen molar-refractivity contribution < 1.29 is 27.8 Å². The Kier molecular flexibility index (Phi) is 12.8. The molecule has 43 heavy (non-hydrogen) atoms. The summed E-state index contributed by atoms with van der Waals surface area (Å²) in [4.78, 5) is 13.1. The van der Waals surface area contributed by atoms with Gasteiger partial charge in [0.25, 0.3) is 0 Å². The fraction of sp³-hybridized carbons (Fsp3) is 0.242. The van der Waals surface area contributed by atoms with Gasteiger partial charge >= 0.3 is 12.1 Å². The Labute approximate surface area is 265 Å². The minimum atomic E-state index is -4.56. The molecule has 10 heteroatoms. The summed E-state index contributed by atoms with van der Waals surface area (Å²) in [5, 5.41) is 9.36. The molecule has 0 amide bonds. The predicted molar refractivity (Wildman–Crippen MR) is 167 cm³/mol. The normalized spacial score (nSPS) is 12.0. The highest BCUT2D eigenvalue weighted by Gasteiger charge is 2.34. The van der Waals surface area contributed by atoms with Crippen molar-refractivity contribution in [2.45, 2.75) is 31.5 Å². The molecule has 0 aromatic heterocycles. The monoisotopic (exact) mass is 651 g/mol. The zero-order chi connectivity index (χ0) is 30.1. The third kappa shape index (κ3) is 9.90. The third-order valence-electron chi connectivity index (χ3n) is 6.84. The zero-order valence-electron chi connectivity index (χ0n) is 23.1. The topological polar surface area (TPSA) is 49.8 Å². The lowest BCUT2D eigenvalue weighted by Crippen LogP contribution is -2.31. The van der Waals surface area contributed by atoms with Crippen molar-refractivity contribution in [1.29, 1.82) is 0 Å². The summed E-state index contributed by atoms with van der Waals surface area (Å²) in [7, 11) is 0. The number of hydrogen-bond donors (Lipinski definition) is 1. The molecule has 1 unspecified atom stereocenters. The van der Waals surface area contributed by atoms with E-state index in [1.54, 1.807) is 30.3 Å². The molecule has 0 bridgehead atoms. The zero-order valence-corrected chi connectivity index (χ0v) is 25.4. The van der Waals surface area contributed by atoms with Crippen LogP contribution in [0.5, 0.6) is 5.75 Å². The van der Waals surface area contributed by atoms with Crippen molar-refractivity contribution in [2.24, 2.45) is 0 Å². The van der Waals surface area contributed by atoms with E-state index in [2.05, 4.69) is 4.90 Å². The summed E-state index contributed by atoms with van der Waals surface area (Å²) >= 11 is 12.9. The number of carboxylic acids is 1. The van der Waals surface area contributed by atoms with E-state index in [9.17, 15) is 18.0 Å². The van der Waals surface area contributed by atoms with Gasteiger partial charge in [-0.1, -0.05) is 96.0 Å². The summed E-state index contributed by atoms with van der Waals surface area (Å²) in [5.41, 5.74) is 2.08. The molecule has 0 saturated heterocycles. The van der Waals surface area contributed by atoms with Crippen LogP contribution in [0.3, 0.4) is 0 Å². The van der Waals surface area contributed by atoms with E-state index >= 15 is 0 Å². The van der Waals surface area contributed by atoms with E-state index < -0.39 is 17.7 Å². The van der Waals surface area contributed by atoms with E-state index in [1.165, 1.54) is 6.07 Å². The number of carbonyl (C=O) groups is 1. The first-order valence-corrected chi connectivity index (χ1v) is 14.2. The lowest BCUT2D eigenvalue weighted by Gasteiger charge is -2.29. The summed E-state index contributed by atoms with van der Waals surface area (Å²) in [6.07, 6.45) is -4.11. The van der Waals surface area contributed by atoms with Crippen LogP contribution in [0.2, 0.25) is 10.0 Å². The van der Waals surface area contributed by atoms with Crippen LogP contribution in [-0.4, -0.2) is 35.7 Å². The molecule has 0 heterocycles. The van der Waals surface area contributed by atoms with Gasteiger partial charge in [0.1, 0.15) is 5.75 Å². The quantitative estimate of drug-likeness (QED) is 0.146. The molecule has 0 radical (unpaired) electrons. The first-order valence-electron chi connectivity index (χ1n) is 13.4. The van der Waals surface area contributed by atoms with Gasteiger partial charge in [0.15, 0.2) is 0 Å². The van der Waals surface area contributed by atoms with Gasteiger partial charge < -0.3 is 9.84 Å². The van der Waals surface area contributed by atoms with Crippen LogP contribution in [0.4, 0.5) is 13.2 Å². The van der Waals surface area contributed by atoms with Crippen LogP contribution in [0, 0.1) is 0 Å². The maximum atomic E-state index is 13.6. The molecule has 0 aliphatic heterocycles. The Bertz CT molecular complexity index is 1490. The summed E-state index contributed by atoms with van der Waals surface area (Å²) in [5.74, 6) is -0.528. The van der Waals surface area contributed by atoms with Crippen molar-refractivity contribution in [2.75, 3.05) is 19.7 Å². The Morgan fingerprint density at radius 3 is 2.30 bits per heavy atom. The fourth-order valence-corrected chi connectivity index (χ4v) is 5.44. The first kappa shape index (κ1) is 34.3. The van der Waals surface area contributed by atoms with Gasteiger partial charge in [-0.05, 0) is 52.9 Å². The molecule has 4 aromatic carbocycles. The molecule has 0 aliphatic rings. The molecular weight excluding hydrogens is 622 g/mol. The largest absolute Gasteiger partial charge is 0.494 e. The highest BCUT2D eigenvalue weighted by atomic mass is 35.5. The van der Waals surface area contributed by atoms with Crippen molar-refractivity contribution >= 4 is 41.6 Å². The summed E-state index contributed by atoms with van der Waals surface area (Å²) in [6.45, 7) is 1.47. The van der Waals surface area contributed by atoms with Crippen molar-refractivity contribution in [3.8, 4) is 5.75 Å². The third-order valence-corrected chi connectivity index (χ3v) is 7.63. The highest BCUT2D eigenvalue weighted by Crippen LogP contribution is 2.37. The van der Waals surface area contributed by atoms with E-state index in [0.29, 0.717) is 48.0 Å². The molecule has 4 nitrogen and oxygen atoms in total. The SMILES string of the molecule is Cl.O=C(O)Cc1cccc(OCCCN(Cc2cccc(C(F)(F)F)c2Cl)CC(c2ccccc2)c2ccccc2Cl)c1. The van der Waals surface area contributed by atoms with Crippen molar-refractivity contribution in [3.05, 3.63) is 135 Å². The molecule has 1 N–H and O–H groups in total. The second-order valence-electron chi connectivity index (χ2n) is 9.92. The minimum Gasteiger partial charge on any atom is -0.494 e. The molecule has 228 valence electrons. The van der Waals surface area contributed by atoms with E-state index in [4.69, 9.17) is 33.0 Å². The van der Waals surface area contributed by atoms with Crippen LogP contribution in [0.25, 0.3) is 0 Å². The summed E-state index contributed by atoms with van der Waals surface area (Å²) in [6, 6.07) is 28.3. The maximum Gasteiger partial charge on any atom is 0.417 e. The maximum absolute atomic E-state index is 13.6. The number of hydrogen-bond acceptors (Lipinski definition) is 3.